The van der Waals surface area contributed by atoms with Crippen molar-refractivity contribution in [2.45, 2.75) is 52.0 Å². The van der Waals surface area contributed by atoms with Gasteiger partial charge in [0.25, 0.3) is 0 Å². The van der Waals surface area contributed by atoms with Crippen molar-refractivity contribution in [3.63, 3.8) is 0 Å². The maximum Gasteiger partial charge on any atom is 0.243 e. The number of sulfonamides is 1. The van der Waals surface area contributed by atoms with Gasteiger partial charge in [0.1, 0.15) is 6.04 Å². The zero-order chi connectivity index (χ0) is 19.9. The topological polar surface area (TPSA) is 69.7 Å². The van der Waals surface area contributed by atoms with Gasteiger partial charge < -0.3 is 10.2 Å². The molecule has 152 valence electrons. The summed E-state index contributed by atoms with van der Waals surface area (Å²) in [5, 5.41) is 2.95. The minimum Gasteiger partial charge on any atom is -0.353 e. The van der Waals surface area contributed by atoms with Crippen molar-refractivity contribution in [2.24, 2.45) is 0 Å². The molecule has 1 aliphatic rings. The summed E-state index contributed by atoms with van der Waals surface area (Å²) in [7, 11) is -3.58. The Kier molecular flexibility index (Phi) is 8.10. The van der Waals surface area contributed by atoms with Gasteiger partial charge in [0.2, 0.25) is 15.9 Å². The van der Waals surface area contributed by atoms with E-state index in [-0.39, 0.29) is 5.91 Å². The molecule has 0 saturated carbocycles. The second kappa shape index (κ2) is 10.1. The second-order valence-electron chi connectivity index (χ2n) is 7.37. The van der Waals surface area contributed by atoms with Gasteiger partial charge in [-0.1, -0.05) is 37.5 Å². The van der Waals surface area contributed by atoms with E-state index in [1.54, 1.807) is 12.1 Å². The zero-order valence-electron chi connectivity index (χ0n) is 16.8. The van der Waals surface area contributed by atoms with Gasteiger partial charge in [-0.05, 0) is 51.4 Å². The first kappa shape index (κ1) is 21.7. The molecule has 1 aromatic carbocycles. The normalized spacial score (nSPS) is 17.1. The summed E-state index contributed by atoms with van der Waals surface area (Å²) in [5.74, 6) is -0.238. The minimum atomic E-state index is -3.58. The number of nitrogens with zero attached hydrogens (tertiary/aromatic N) is 2. The van der Waals surface area contributed by atoms with Crippen LogP contribution in [0.4, 0.5) is 5.69 Å². The number of benzene rings is 1. The van der Waals surface area contributed by atoms with Gasteiger partial charge in [-0.2, -0.15) is 0 Å². The highest BCUT2D eigenvalue weighted by Gasteiger charge is 2.31. The fraction of sp³-hybridized carbons (Fsp3) is 0.650. The number of likely N-dealkylation sites (tertiary alicyclic amines) is 1. The maximum atomic E-state index is 12.8. The van der Waals surface area contributed by atoms with Crippen LogP contribution >= 0.6 is 0 Å². The molecule has 27 heavy (non-hydrogen) atoms. The quantitative estimate of drug-likeness (QED) is 0.734. The minimum absolute atomic E-state index is 0.238. The standard InChI is InChI=1S/C20H33N3O3S/c1-4-19(20(24)21-13-16-22-14-7-5-6-8-15-22)23(27(3,25)26)18-11-9-17(2)10-12-18/h9-12,19H,4-8,13-16H2,1-3H3,(H,21,24)/t19-/m0/s1. The molecular weight excluding hydrogens is 362 g/mol. The number of nitrogens with one attached hydrogen (secondary N) is 1. The number of hydrogen-bond donors (Lipinski definition) is 1. The van der Waals surface area contributed by atoms with E-state index >= 15 is 0 Å². The van der Waals surface area contributed by atoms with Crippen LogP contribution in [-0.2, 0) is 14.8 Å². The van der Waals surface area contributed by atoms with Gasteiger partial charge in [0, 0.05) is 13.1 Å². The van der Waals surface area contributed by atoms with Gasteiger partial charge in [0.15, 0.2) is 0 Å². The molecule has 1 fully saturated rings. The van der Waals surface area contributed by atoms with E-state index in [0.717, 1.165) is 31.5 Å². The Bertz CT molecular complexity index is 696. The fourth-order valence-electron chi connectivity index (χ4n) is 3.57. The number of hydrogen-bond acceptors (Lipinski definition) is 4. The molecular formula is C20H33N3O3S. The van der Waals surface area contributed by atoms with Crippen LogP contribution in [0.2, 0.25) is 0 Å². The van der Waals surface area contributed by atoms with Crippen LogP contribution in [0.1, 0.15) is 44.6 Å². The van der Waals surface area contributed by atoms with E-state index in [4.69, 9.17) is 0 Å². The van der Waals surface area contributed by atoms with Crippen molar-refractivity contribution in [3.05, 3.63) is 29.8 Å². The average Bonchev–Trinajstić information content (AvgIpc) is 2.88. The Morgan fingerprint density at radius 2 is 1.74 bits per heavy atom. The molecule has 0 bridgehead atoms. The molecule has 1 saturated heterocycles. The summed E-state index contributed by atoms with van der Waals surface area (Å²) in [6.07, 6.45) is 6.54. The Balaban J connectivity index is 2.04. The van der Waals surface area contributed by atoms with E-state index in [1.165, 1.54) is 30.0 Å². The highest BCUT2D eigenvalue weighted by Crippen LogP contribution is 2.23. The van der Waals surface area contributed by atoms with Gasteiger partial charge in [-0.25, -0.2) is 8.42 Å². The molecule has 1 amide bonds. The molecule has 0 radical (unpaired) electrons. The first-order valence-electron chi connectivity index (χ1n) is 9.89. The molecule has 1 aliphatic heterocycles. The summed E-state index contributed by atoms with van der Waals surface area (Å²) in [6, 6.07) is 6.48. The van der Waals surface area contributed by atoms with Crippen molar-refractivity contribution in [2.75, 3.05) is 36.7 Å². The lowest BCUT2D eigenvalue weighted by atomic mass is 10.1. The summed E-state index contributed by atoms with van der Waals surface area (Å²) in [6.45, 7) is 7.29. The summed E-state index contributed by atoms with van der Waals surface area (Å²) < 4.78 is 26.1. The molecule has 0 unspecified atom stereocenters. The van der Waals surface area contributed by atoms with Gasteiger partial charge in [0.05, 0.1) is 11.9 Å². The van der Waals surface area contributed by atoms with Gasteiger partial charge in [-0.15, -0.1) is 0 Å². The molecule has 1 aromatic rings. The molecule has 1 N–H and O–H groups in total. The molecule has 2 rings (SSSR count). The van der Waals surface area contributed by atoms with Gasteiger partial charge in [-0.3, -0.25) is 9.10 Å². The molecule has 1 atom stereocenters. The second-order valence-corrected chi connectivity index (χ2v) is 9.22. The third-order valence-electron chi connectivity index (χ3n) is 5.04. The van der Waals surface area contributed by atoms with Crippen LogP contribution in [0.25, 0.3) is 0 Å². The SMILES string of the molecule is CC[C@@H](C(=O)NCCN1CCCCCC1)N(c1ccc(C)cc1)S(C)(=O)=O. The highest BCUT2D eigenvalue weighted by atomic mass is 32.2. The number of carbonyl (C=O) groups is 1. The molecule has 1 heterocycles. The summed E-state index contributed by atoms with van der Waals surface area (Å²) in [5.41, 5.74) is 1.57. The zero-order valence-corrected chi connectivity index (χ0v) is 17.6. The molecule has 0 spiro atoms. The van der Waals surface area contributed by atoms with Crippen LogP contribution in [-0.4, -0.2) is 57.7 Å². The lowest BCUT2D eigenvalue weighted by Crippen LogP contribution is -2.50. The molecule has 7 heteroatoms. The van der Waals surface area contributed by atoms with Crippen LogP contribution in [0, 0.1) is 6.92 Å². The van der Waals surface area contributed by atoms with Crippen molar-refractivity contribution in [1.82, 2.24) is 10.2 Å². The van der Waals surface area contributed by atoms with Crippen molar-refractivity contribution in [1.29, 1.82) is 0 Å². The number of rotatable bonds is 8. The molecule has 6 nitrogen and oxygen atoms in total. The van der Waals surface area contributed by atoms with Crippen LogP contribution in [0.5, 0.6) is 0 Å². The van der Waals surface area contributed by atoms with Crippen molar-refractivity contribution in [3.8, 4) is 0 Å². The van der Waals surface area contributed by atoms with Crippen LogP contribution in [0.3, 0.4) is 0 Å². The van der Waals surface area contributed by atoms with E-state index in [2.05, 4.69) is 10.2 Å². The predicted octanol–water partition coefficient (Wildman–Crippen LogP) is 2.53. The lowest BCUT2D eigenvalue weighted by molar-refractivity contribution is -0.122. The number of amides is 1. The summed E-state index contributed by atoms with van der Waals surface area (Å²) >= 11 is 0. The van der Waals surface area contributed by atoms with Gasteiger partial charge >= 0.3 is 0 Å². The number of carbonyl (C=O) groups excluding carboxylic acids is 1. The van der Waals surface area contributed by atoms with Crippen molar-refractivity contribution < 1.29 is 13.2 Å². The van der Waals surface area contributed by atoms with Crippen LogP contribution < -0.4 is 9.62 Å². The van der Waals surface area contributed by atoms with Crippen molar-refractivity contribution >= 4 is 21.6 Å². The Morgan fingerprint density at radius 1 is 1.15 bits per heavy atom. The van der Waals surface area contributed by atoms with E-state index in [0.29, 0.717) is 18.7 Å². The number of anilines is 1. The number of aryl methyl sites for hydroxylation is 1. The van der Waals surface area contributed by atoms with Crippen LogP contribution in [0.15, 0.2) is 24.3 Å². The monoisotopic (exact) mass is 395 g/mol. The predicted molar refractivity (Wildman–Crippen MR) is 110 cm³/mol. The Labute approximate surface area is 164 Å². The largest absolute Gasteiger partial charge is 0.353 e. The van der Waals surface area contributed by atoms with E-state index in [9.17, 15) is 13.2 Å². The molecule has 0 aliphatic carbocycles. The Hall–Kier alpha value is -1.60. The fourth-order valence-corrected chi connectivity index (χ4v) is 4.78. The smallest absolute Gasteiger partial charge is 0.243 e. The first-order valence-corrected chi connectivity index (χ1v) is 11.7. The van der Waals surface area contributed by atoms with E-state index in [1.807, 2.05) is 26.0 Å². The van der Waals surface area contributed by atoms with E-state index < -0.39 is 16.1 Å². The molecule has 0 aromatic heterocycles. The average molecular weight is 396 g/mol. The summed E-state index contributed by atoms with van der Waals surface area (Å²) in [4.78, 5) is 15.2. The third kappa shape index (κ3) is 6.50. The lowest BCUT2D eigenvalue weighted by Gasteiger charge is -2.30. The first-order chi connectivity index (χ1) is 12.8. The Morgan fingerprint density at radius 3 is 2.26 bits per heavy atom. The maximum absolute atomic E-state index is 12.8. The third-order valence-corrected chi connectivity index (χ3v) is 6.22. The highest BCUT2D eigenvalue weighted by molar-refractivity contribution is 7.92.